The van der Waals surface area contributed by atoms with Gasteiger partial charge in [0.2, 0.25) is 11.8 Å². The van der Waals surface area contributed by atoms with Crippen LogP contribution in [0.1, 0.15) is 25.1 Å². The number of carbonyl (C=O) groups excluding carboxylic acids is 2. The van der Waals surface area contributed by atoms with Crippen LogP contribution in [0.25, 0.3) is 0 Å². The molecule has 1 heterocycles. The van der Waals surface area contributed by atoms with Gasteiger partial charge in [0.05, 0.1) is 18.8 Å². The summed E-state index contributed by atoms with van der Waals surface area (Å²) in [7, 11) is 1.84. The van der Waals surface area contributed by atoms with Crippen LogP contribution >= 0.6 is 0 Å². The van der Waals surface area contributed by atoms with Crippen molar-refractivity contribution in [3.8, 4) is 0 Å². The van der Waals surface area contributed by atoms with Gasteiger partial charge in [-0.15, -0.1) is 0 Å². The van der Waals surface area contributed by atoms with Gasteiger partial charge < -0.3 is 16.4 Å². The van der Waals surface area contributed by atoms with E-state index in [2.05, 4.69) is 15.7 Å². The summed E-state index contributed by atoms with van der Waals surface area (Å²) >= 11 is 0. The Kier molecular flexibility index (Phi) is 5.69. The highest BCUT2D eigenvalue weighted by molar-refractivity contribution is 5.87. The minimum absolute atomic E-state index is 0.0381. The Balaban J connectivity index is 2.34. The molecule has 7 heteroatoms. The van der Waals surface area contributed by atoms with Crippen molar-refractivity contribution in [2.75, 3.05) is 6.54 Å². The second-order valence-electron chi connectivity index (χ2n) is 5.14. The van der Waals surface area contributed by atoms with Gasteiger partial charge in [-0.1, -0.05) is 13.8 Å². The number of nitrogens with zero attached hydrogens (tertiary/aromatic N) is 2. The number of aromatic nitrogens is 2. The molecule has 0 aliphatic rings. The molecule has 112 valence electrons. The van der Waals surface area contributed by atoms with Gasteiger partial charge in [-0.3, -0.25) is 14.3 Å². The summed E-state index contributed by atoms with van der Waals surface area (Å²) in [6.07, 6.45) is 1.71. The van der Waals surface area contributed by atoms with Crippen molar-refractivity contribution < 1.29 is 9.59 Å². The molecule has 0 aromatic carbocycles. The van der Waals surface area contributed by atoms with Crippen molar-refractivity contribution in [1.82, 2.24) is 20.4 Å². The van der Waals surface area contributed by atoms with E-state index in [4.69, 9.17) is 5.73 Å². The molecule has 0 fully saturated rings. The first kappa shape index (κ1) is 16.2. The highest BCUT2D eigenvalue weighted by Crippen LogP contribution is 2.04. The molecular weight excluding hydrogens is 258 g/mol. The third-order valence-corrected chi connectivity index (χ3v) is 3.26. The summed E-state index contributed by atoms with van der Waals surface area (Å²) in [6, 6.07) is -0.594. The molecule has 1 aromatic rings. The SMILES string of the molecule is Cc1c(CNC(=O)CNC(=O)[C@@H](N)C(C)C)cnn1C. The van der Waals surface area contributed by atoms with E-state index in [0.717, 1.165) is 11.3 Å². The maximum absolute atomic E-state index is 11.6. The number of aryl methyl sites for hydroxylation is 1. The number of rotatable bonds is 6. The van der Waals surface area contributed by atoms with Crippen LogP contribution in [0.15, 0.2) is 6.20 Å². The van der Waals surface area contributed by atoms with Gasteiger partial charge in [0.15, 0.2) is 0 Å². The minimum atomic E-state index is -0.594. The summed E-state index contributed by atoms with van der Waals surface area (Å²) in [6.45, 7) is 5.96. The lowest BCUT2D eigenvalue weighted by molar-refractivity contribution is -0.127. The quantitative estimate of drug-likeness (QED) is 0.650. The number of amides is 2. The molecule has 0 aliphatic heterocycles. The number of hydrogen-bond donors (Lipinski definition) is 3. The molecular formula is C13H23N5O2. The predicted molar refractivity (Wildman–Crippen MR) is 75.6 cm³/mol. The largest absolute Gasteiger partial charge is 0.350 e. The molecule has 0 unspecified atom stereocenters. The second-order valence-corrected chi connectivity index (χ2v) is 5.14. The average molecular weight is 281 g/mol. The van der Waals surface area contributed by atoms with Crippen LogP contribution in [-0.4, -0.2) is 34.2 Å². The van der Waals surface area contributed by atoms with Crippen LogP contribution in [0, 0.1) is 12.8 Å². The zero-order valence-electron chi connectivity index (χ0n) is 12.4. The maximum atomic E-state index is 11.6. The van der Waals surface area contributed by atoms with Crippen molar-refractivity contribution in [1.29, 1.82) is 0 Å². The Morgan fingerprint density at radius 1 is 1.40 bits per heavy atom. The molecule has 20 heavy (non-hydrogen) atoms. The molecule has 0 saturated carbocycles. The van der Waals surface area contributed by atoms with Crippen molar-refractivity contribution in [3.05, 3.63) is 17.5 Å². The smallest absolute Gasteiger partial charge is 0.239 e. The Morgan fingerprint density at radius 2 is 2.05 bits per heavy atom. The highest BCUT2D eigenvalue weighted by Gasteiger charge is 2.17. The number of nitrogens with two attached hydrogens (primary N) is 1. The monoisotopic (exact) mass is 281 g/mol. The standard InChI is InChI=1S/C13H23N5O2/c1-8(2)12(14)13(20)16-7-11(19)15-5-10-6-17-18(4)9(10)3/h6,8,12H,5,7,14H2,1-4H3,(H,15,19)(H,16,20)/t12-/m0/s1. The van der Waals surface area contributed by atoms with Crippen LogP contribution in [0.3, 0.4) is 0 Å². The molecule has 0 saturated heterocycles. The van der Waals surface area contributed by atoms with Gasteiger partial charge in [-0.25, -0.2) is 0 Å². The fraction of sp³-hybridized carbons (Fsp3) is 0.615. The van der Waals surface area contributed by atoms with E-state index in [-0.39, 0.29) is 24.3 Å². The molecule has 0 spiro atoms. The molecule has 1 rings (SSSR count). The van der Waals surface area contributed by atoms with Gasteiger partial charge in [-0.2, -0.15) is 5.10 Å². The topological polar surface area (TPSA) is 102 Å². The van der Waals surface area contributed by atoms with Crippen molar-refractivity contribution in [2.45, 2.75) is 33.4 Å². The first-order chi connectivity index (χ1) is 9.32. The van der Waals surface area contributed by atoms with E-state index in [9.17, 15) is 9.59 Å². The van der Waals surface area contributed by atoms with Crippen molar-refractivity contribution in [2.24, 2.45) is 18.7 Å². The third kappa shape index (κ3) is 4.34. The van der Waals surface area contributed by atoms with Gasteiger partial charge in [-0.05, 0) is 12.8 Å². The van der Waals surface area contributed by atoms with Gasteiger partial charge in [0, 0.05) is 24.8 Å². The Morgan fingerprint density at radius 3 is 2.55 bits per heavy atom. The molecule has 1 aromatic heterocycles. The molecule has 4 N–H and O–H groups in total. The fourth-order valence-corrected chi connectivity index (χ4v) is 1.56. The van der Waals surface area contributed by atoms with Gasteiger partial charge in [0.1, 0.15) is 0 Å². The Hall–Kier alpha value is -1.89. The first-order valence-electron chi connectivity index (χ1n) is 6.60. The van der Waals surface area contributed by atoms with Gasteiger partial charge >= 0.3 is 0 Å². The van der Waals surface area contributed by atoms with Crippen molar-refractivity contribution >= 4 is 11.8 Å². The van der Waals surface area contributed by atoms with E-state index in [1.807, 2.05) is 27.8 Å². The zero-order valence-corrected chi connectivity index (χ0v) is 12.4. The summed E-state index contributed by atoms with van der Waals surface area (Å²) < 4.78 is 1.74. The van der Waals surface area contributed by atoms with E-state index in [1.165, 1.54) is 0 Å². The van der Waals surface area contributed by atoms with E-state index in [1.54, 1.807) is 10.9 Å². The number of carbonyl (C=O) groups is 2. The Bertz CT molecular complexity index is 481. The van der Waals surface area contributed by atoms with Crippen LogP contribution < -0.4 is 16.4 Å². The third-order valence-electron chi connectivity index (χ3n) is 3.26. The summed E-state index contributed by atoms with van der Waals surface area (Å²) in [5.74, 6) is -0.527. The molecule has 2 amide bonds. The number of hydrogen-bond acceptors (Lipinski definition) is 4. The molecule has 0 radical (unpaired) electrons. The van der Waals surface area contributed by atoms with Crippen LogP contribution in [0.4, 0.5) is 0 Å². The zero-order chi connectivity index (χ0) is 15.3. The summed E-state index contributed by atoms with van der Waals surface area (Å²) in [5, 5.41) is 9.34. The van der Waals surface area contributed by atoms with E-state index < -0.39 is 6.04 Å². The first-order valence-corrected chi connectivity index (χ1v) is 6.60. The van der Waals surface area contributed by atoms with E-state index in [0.29, 0.717) is 6.54 Å². The number of nitrogens with one attached hydrogen (secondary N) is 2. The lowest BCUT2D eigenvalue weighted by Crippen LogP contribution is -2.47. The highest BCUT2D eigenvalue weighted by atomic mass is 16.2. The molecule has 0 bridgehead atoms. The lowest BCUT2D eigenvalue weighted by atomic mass is 10.1. The lowest BCUT2D eigenvalue weighted by Gasteiger charge is -2.15. The van der Waals surface area contributed by atoms with Crippen LogP contribution in [0.5, 0.6) is 0 Å². The minimum Gasteiger partial charge on any atom is -0.350 e. The van der Waals surface area contributed by atoms with E-state index >= 15 is 0 Å². The summed E-state index contributed by atoms with van der Waals surface area (Å²) in [4.78, 5) is 23.2. The maximum Gasteiger partial charge on any atom is 0.239 e. The average Bonchev–Trinajstić information content (AvgIpc) is 2.72. The molecule has 7 nitrogen and oxygen atoms in total. The molecule has 0 aliphatic carbocycles. The van der Waals surface area contributed by atoms with Crippen LogP contribution in [-0.2, 0) is 23.2 Å². The fourth-order valence-electron chi connectivity index (χ4n) is 1.56. The predicted octanol–water partition coefficient (Wildman–Crippen LogP) is -0.556. The van der Waals surface area contributed by atoms with Crippen LogP contribution in [0.2, 0.25) is 0 Å². The van der Waals surface area contributed by atoms with Gasteiger partial charge in [0.25, 0.3) is 0 Å². The molecule has 1 atom stereocenters. The Labute approximate surface area is 118 Å². The second kappa shape index (κ2) is 7.04. The normalized spacial score (nSPS) is 12.3. The summed E-state index contributed by atoms with van der Waals surface area (Å²) in [5.41, 5.74) is 7.63. The van der Waals surface area contributed by atoms with Crippen molar-refractivity contribution in [3.63, 3.8) is 0 Å².